The minimum Gasteiger partial charge on any atom is -0.464 e. The number of ether oxygens (including phenoxy) is 2. The van der Waals surface area contributed by atoms with Crippen LogP contribution in [0.1, 0.15) is 40.0 Å². The number of alkyl halides is 3. The number of nitrogens with zero attached hydrogens (tertiary/aromatic N) is 3. The number of halogens is 3. The highest BCUT2D eigenvalue weighted by Gasteiger charge is 2.31. The van der Waals surface area contributed by atoms with Crippen LogP contribution in [0.3, 0.4) is 0 Å². The van der Waals surface area contributed by atoms with Crippen LogP contribution in [0.2, 0.25) is 0 Å². The monoisotopic (exact) mass is 354 g/mol. The second kappa shape index (κ2) is 9.86. The lowest BCUT2D eigenvalue weighted by atomic mass is 10.1. The van der Waals surface area contributed by atoms with Gasteiger partial charge in [0.1, 0.15) is 12.1 Å². The molecular formula is C13H21F3N4O4. The van der Waals surface area contributed by atoms with Crippen LogP contribution in [0.25, 0.3) is 10.4 Å². The molecule has 0 rings (SSSR count). The van der Waals surface area contributed by atoms with Crippen molar-refractivity contribution < 1.29 is 32.2 Å². The van der Waals surface area contributed by atoms with Crippen LogP contribution in [-0.4, -0.2) is 43.0 Å². The van der Waals surface area contributed by atoms with Crippen molar-refractivity contribution in [2.45, 2.75) is 57.9 Å². The van der Waals surface area contributed by atoms with Gasteiger partial charge >= 0.3 is 18.2 Å². The predicted molar refractivity (Wildman–Crippen MR) is 78.0 cm³/mol. The number of hydrogen-bond acceptors (Lipinski definition) is 5. The summed E-state index contributed by atoms with van der Waals surface area (Å²) < 4.78 is 46.4. The first-order valence-corrected chi connectivity index (χ1v) is 7.16. The van der Waals surface area contributed by atoms with Gasteiger partial charge in [-0.25, -0.2) is 4.79 Å². The number of hydrogen-bond donors (Lipinski definition) is 1. The maximum absolute atomic E-state index is 12.2. The van der Waals surface area contributed by atoms with E-state index in [1.54, 1.807) is 20.8 Å². The molecule has 0 heterocycles. The van der Waals surface area contributed by atoms with E-state index in [0.717, 1.165) is 0 Å². The Balaban J connectivity index is 3.99. The number of alkyl carbamates (subject to hydrolysis) is 1. The lowest BCUT2D eigenvalue weighted by Crippen LogP contribution is -2.36. The van der Waals surface area contributed by atoms with Crippen LogP contribution in [0.4, 0.5) is 18.0 Å². The fraction of sp³-hybridized carbons (Fsp3) is 0.846. The lowest BCUT2D eigenvalue weighted by molar-refractivity contribution is -0.144. The third-order valence-corrected chi connectivity index (χ3v) is 2.40. The van der Waals surface area contributed by atoms with Gasteiger partial charge in [0.15, 0.2) is 0 Å². The van der Waals surface area contributed by atoms with Gasteiger partial charge in [-0.3, -0.25) is 4.79 Å². The van der Waals surface area contributed by atoms with Gasteiger partial charge in [-0.1, -0.05) is 5.11 Å². The molecule has 0 spiro atoms. The summed E-state index contributed by atoms with van der Waals surface area (Å²) in [6, 6.07) is -1.24. The first-order chi connectivity index (χ1) is 10.9. The zero-order valence-electron chi connectivity index (χ0n) is 13.7. The quantitative estimate of drug-likeness (QED) is 0.236. The average Bonchev–Trinajstić information content (AvgIpc) is 2.38. The summed E-state index contributed by atoms with van der Waals surface area (Å²) in [6.07, 6.45) is -6.43. The van der Waals surface area contributed by atoms with Crippen LogP contribution in [-0.2, 0) is 14.3 Å². The Morgan fingerprint density at radius 1 is 1.29 bits per heavy atom. The Labute approximate surface area is 137 Å². The molecule has 0 fully saturated rings. The Morgan fingerprint density at radius 3 is 2.42 bits per heavy atom. The summed E-state index contributed by atoms with van der Waals surface area (Å²) in [5, 5.41) is 5.26. The minimum atomic E-state index is -4.44. The summed E-state index contributed by atoms with van der Waals surface area (Å²) in [4.78, 5) is 25.0. The highest BCUT2D eigenvalue weighted by atomic mass is 19.4. The van der Waals surface area contributed by atoms with Crippen molar-refractivity contribution in [3.05, 3.63) is 10.4 Å². The van der Waals surface area contributed by atoms with Gasteiger partial charge in [0, 0.05) is 11.0 Å². The molecule has 1 N–H and O–H groups in total. The topological polar surface area (TPSA) is 113 Å². The van der Waals surface area contributed by atoms with E-state index in [2.05, 4.69) is 15.3 Å². The molecular weight excluding hydrogens is 333 g/mol. The summed E-state index contributed by atoms with van der Waals surface area (Å²) >= 11 is 0. The smallest absolute Gasteiger partial charge is 0.408 e. The second-order valence-corrected chi connectivity index (χ2v) is 5.90. The maximum atomic E-state index is 12.2. The first kappa shape index (κ1) is 21.8. The molecule has 0 aliphatic heterocycles. The molecule has 1 unspecified atom stereocenters. The molecule has 0 saturated heterocycles. The first-order valence-electron chi connectivity index (χ1n) is 7.16. The van der Waals surface area contributed by atoms with Crippen molar-refractivity contribution in [2.75, 3.05) is 13.2 Å². The molecule has 0 radical (unpaired) electrons. The van der Waals surface area contributed by atoms with E-state index in [-0.39, 0.29) is 19.4 Å². The standard InChI is InChI=1S/C13H21F3N4O4/c1-12(2,3)24-11(22)18-8-10(21)23-6-4-5-9(19-20-17)7-13(14,15)16/h9H,4-8H2,1-3H3,(H,18,22). The molecule has 0 aliphatic carbocycles. The van der Waals surface area contributed by atoms with Crippen molar-refractivity contribution >= 4 is 12.1 Å². The van der Waals surface area contributed by atoms with Gasteiger partial charge in [0.2, 0.25) is 0 Å². The molecule has 11 heteroatoms. The maximum Gasteiger partial charge on any atom is 0.408 e. The van der Waals surface area contributed by atoms with Gasteiger partial charge in [0.25, 0.3) is 0 Å². The van der Waals surface area contributed by atoms with E-state index in [0.29, 0.717) is 0 Å². The van der Waals surface area contributed by atoms with Gasteiger partial charge in [-0.05, 0) is 39.1 Å². The minimum absolute atomic E-state index is 0.0731. The third-order valence-electron chi connectivity index (χ3n) is 2.40. The lowest BCUT2D eigenvalue weighted by Gasteiger charge is -2.19. The van der Waals surface area contributed by atoms with Crippen LogP contribution >= 0.6 is 0 Å². The SMILES string of the molecule is CC(C)(C)OC(=O)NCC(=O)OCCCC(CC(F)(F)F)N=[N+]=[N-]. The highest BCUT2D eigenvalue weighted by Crippen LogP contribution is 2.25. The number of amides is 1. The van der Waals surface area contributed by atoms with Crippen LogP contribution in [0.15, 0.2) is 5.11 Å². The van der Waals surface area contributed by atoms with E-state index < -0.39 is 42.8 Å². The molecule has 24 heavy (non-hydrogen) atoms. The normalized spacial score (nSPS) is 12.8. The summed E-state index contributed by atoms with van der Waals surface area (Å²) in [5.74, 6) is -0.753. The number of azide groups is 1. The van der Waals surface area contributed by atoms with E-state index in [4.69, 9.17) is 15.0 Å². The zero-order chi connectivity index (χ0) is 18.8. The zero-order valence-corrected chi connectivity index (χ0v) is 13.7. The van der Waals surface area contributed by atoms with Gasteiger partial charge in [-0.2, -0.15) is 13.2 Å². The number of rotatable bonds is 8. The van der Waals surface area contributed by atoms with E-state index >= 15 is 0 Å². The van der Waals surface area contributed by atoms with Gasteiger partial charge < -0.3 is 14.8 Å². The van der Waals surface area contributed by atoms with E-state index in [1.165, 1.54) is 0 Å². The molecule has 0 aliphatic rings. The van der Waals surface area contributed by atoms with Crippen molar-refractivity contribution in [1.29, 1.82) is 0 Å². The van der Waals surface area contributed by atoms with E-state index in [9.17, 15) is 22.8 Å². The van der Waals surface area contributed by atoms with E-state index in [1.807, 2.05) is 0 Å². The van der Waals surface area contributed by atoms with Gasteiger partial charge in [-0.15, -0.1) is 0 Å². The molecule has 8 nitrogen and oxygen atoms in total. The van der Waals surface area contributed by atoms with Crippen molar-refractivity contribution in [3.8, 4) is 0 Å². The fourth-order valence-electron chi connectivity index (χ4n) is 1.56. The van der Waals surface area contributed by atoms with Crippen LogP contribution < -0.4 is 5.32 Å². The summed E-state index contributed by atoms with van der Waals surface area (Å²) in [6.45, 7) is 4.41. The third kappa shape index (κ3) is 13.5. The molecule has 0 saturated carbocycles. The number of esters is 1. The molecule has 1 amide bonds. The largest absolute Gasteiger partial charge is 0.464 e. The van der Waals surface area contributed by atoms with Crippen LogP contribution in [0.5, 0.6) is 0 Å². The predicted octanol–water partition coefficient (Wildman–Crippen LogP) is 3.47. The summed E-state index contributed by atoms with van der Waals surface area (Å²) in [7, 11) is 0. The van der Waals surface area contributed by atoms with Crippen LogP contribution in [0, 0.1) is 0 Å². The number of nitrogens with one attached hydrogen (secondary N) is 1. The molecule has 0 bridgehead atoms. The van der Waals surface area contributed by atoms with Crippen molar-refractivity contribution in [2.24, 2.45) is 5.11 Å². The van der Waals surface area contributed by atoms with Gasteiger partial charge in [0.05, 0.1) is 13.0 Å². The Hall–Kier alpha value is -2.16. The fourth-order valence-corrected chi connectivity index (χ4v) is 1.56. The molecule has 0 aromatic heterocycles. The Morgan fingerprint density at radius 2 is 1.92 bits per heavy atom. The van der Waals surface area contributed by atoms with Crippen molar-refractivity contribution in [1.82, 2.24) is 5.32 Å². The molecule has 0 aromatic carbocycles. The molecule has 1 atom stereocenters. The highest BCUT2D eigenvalue weighted by molar-refractivity contribution is 5.77. The Bertz CT molecular complexity index is 471. The summed E-state index contributed by atoms with van der Waals surface area (Å²) in [5.41, 5.74) is 7.53. The number of carbonyl (C=O) groups excluding carboxylic acids is 2. The molecule has 138 valence electrons. The second-order valence-electron chi connectivity index (χ2n) is 5.90. The van der Waals surface area contributed by atoms with Crippen molar-refractivity contribution in [3.63, 3.8) is 0 Å². The number of carbonyl (C=O) groups is 2. The molecule has 0 aromatic rings. The average molecular weight is 354 g/mol. The Kier molecular flexibility index (Phi) is 8.97.